The van der Waals surface area contributed by atoms with E-state index in [9.17, 15) is 0 Å². The number of methoxy groups -OCH3 is 1. The van der Waals surface area contributed by atoms with Crippen molar-refractivity contribution in [3.8, 4) is 5.75 Å². The molecule has 2 nitrogen and oxygen atoms in total. The van der Waals surface area contributed by atoms with E-state index >= 15 is 0 Å². The molecule has 0 aromatic heterocycles. The molecule has 0 bridgehead atoms. The first-order valence-electron chi connectivity index (χ1n) is 5.59. The first kappa shape index (κ1) is 11.7. The van der Waals surface area contributed by atoms with Gasteiger partial charge in [-0.3, -0.25) is 0 Å². The molecule has 1 aromatic carbocycles. The average Bonchev–Trinajstić information content (AvgIpc) is 2.58. The molecule has 88 valence electrons. The number of hydrogen-bond donors (Lipinski definition) is 1. The zero-order valence-electron chi connectivity index (χ0n) is 10.0. The van der Waals surface area contributed by atoms with E-state index in [1.165, 1.54) is 5.56 Å². The molecule has 3 heteroatoms. The van der Waals surface area contributed by atoms with Gasteiger partial charge in [0.1, 0.15) is 5.75 Å². The Morgan fingerprint density at radius 2 is 2.19 bits per heavy atom. The Morgan fingerprint density at radius 3 is 2.69 bits per heavy atom. The molecular formula is C13H18ClNO. The molecule has 1 aromatic rings. The molecule has 2 rings (SSSR count). The minimum absolute atomic E-state index is 0.290. The van der Waals surface area contributed by atoms with Crippen molar-refractivity contribution >= 4 is 11.6 Å². The van der Waals surface area contributed by atoms with Crippen LogP contribution >= 0.6 is 11.6 Å². The quantitative estimate of drug-likeness (QED) is 0.857. The van der Waals surface area contributed by atoms with Crippen LogP contribution in [0.3, 0.4) is 0 Å². The number of rotatable bonds is 2. The van der Waals surface area contributed by atoms with Gasteiger partial charge in [-0.15, -0.1) is 0 Å². The molecule has 0 spiro atoms. The predicted molar refractivity (Wildman–Crippen MR) is 67.4 cm³/mol. The van der Waals surface area contributed by atoms with E-state index < -0.39 is 0 Å². The molecule has 1 N–H and O–H groups in total. The molecular weight excluding hydrogens is 222 g/mol. The highest BCUT2D eigenvalue weighted by Gasteiger charge is 2.35. The third kappa shape index (κ3) is 2.04. The molecule has 1 aliphatic rings. The van der Waals surface area contributed by atoms with E-state index in [0.717, 1.165) is 18.8 Å². The lowest BCUT2D eigenvalue weighted by Gasteiger charge is -2.26. The monoisotopic (exact) mass is 239 g/mol. The van der Waals surface area contributed by atoms with Gasteiger partial charge in [-0.2, -0.15) is 0 Å². The highest BCUT2D eigenvalue weighted by atomic mass is 35.5. The van der Waals surface area contributed by atoms with E-state index in [0.29, 0.717) is 10.9 Å². The molecule has 0 aliphatic carbocycles. The number of halogens is 1. The second-order valence-electron chi connectivity index (χ2n) is 5.07. The summed E-state index contributed by atoms with van der Waals surface area (Å²) in [4.78, 5) is 0. The Labute approximate surface area is 102 Å². The largest absolute Gasteiger partial charge is 0.495 e. The Morgan fingerprint density at radius 1 is 1.44 bits per heavy atom. The van der Waals surface area contributed by atoms with Gasteiger partial charge in [-0.05, 0) is 23.1 Å². The summed E-state index contributed by atoms with van der Waals surface area (Å²) in [6.45, 7) is 6.66. The summed E-state index contributed by atoms with van der Waals surface area (Å²) in [5, 5.41) is 4.13. The summed E-state index contributed by atoms with van der Waals surface area (Å²) in [6, 6.07) is 6.09. The SMILES string of the molecule is COc1ccc(C2CNCC2(C)C)cc1Cl. The van der Waals surface area contributed by atoms with Crippen LogP contribution < -0.4 is 10.1 Å². The molecule has 1 saturated heterocycles. The minimum Gasteiger partial charge on any atom is -0.495 e. The van der Waals surface area contributed by atoms with Crippen molar-refractivity contribution in [1.29, 1.82) is 0 Å². The van der Waals surface area contributed by atoms with E-state index in [1.807, 2.05) is 12.1 Å². The minimum atomic E-state index is 0.290. The van der Waals surface area contributed by atoms with Crippen molar-refractivity contribution in [3.05, 3.63) is 28.8 Å². The fourth-order valence-corrected chi connectivity index (χ4v) is 2.67. The second-order valence-corrected chi connectivity index (χ2v) is 5.47. The average molecular weight is 240 g/mol. The van der Waals surface area contributed by atoms with Crippen LogP contribution in [0.2, 0.25) is 5.02 Å². The fourth-order valence-electron chi connectivity index (χ4n) is 2.41. The molecule has 0 radical (unpaired) electrons. The zero-order chi connectivity index (χ0) is 11.8. The van der Waals surface area contributed by atoms with Crippen molar-refractivity contribution in [2.75, 3.05) is 20.2 Å². The number of ether oxygens (including phenoxy) is 1. The van der Waals surface area contributed by atoms with Crippen LogP contribution in [0.15, 0.2) is 18.2 Å². The van der Waals surface area contributed by atoms with Gasteiger partial charge in [-0.1, -0.05) is 31.5 Å². The van der Waals surface area contributed by atoms with E-state index in [2.05, 4.69) is 25.2 Å². The Kier molecular flexibility index (Phi) is 3.13. The third-order valence-corrected chi connectivity index (χ3v) is 3.75. The lowest BCUT2D eigenvalue weighted by Crippen LogP contribution is -2.20. The van der Waals surface area contributed by atoms with Crippen LogP contribution in [0.25, 0.3) is 0 Å². The maximum Gasteiger partial charge on any atom is 0.137 e. The molecule has 1 atom stereocenters. The van der Waals surface area contributed by atoms with E-state index in [4.69, 9.17) is 16.3 Å². The van der Waals surface area contributed by atoms with Crippen molar-refractivity contribution in [1.82, 2.24) is 5.32 Å². The van der Waals surface area contributed by atoms with Gasteiger partial charge in [0.05, 0.1) is 12.1 Å². The molecule has 1 fully saturated rings. The molecule has 1 aliphatic heterocycles. The standard InChI is InChI=1S/C13H18ClNO/c1-13(2)8-15-7-10(13)9-4-5-12(16-3)11(14)6-9/h4-6,10,15H,7-8H2,1-3H3. The molecule has 16 heavy (non-hydrogen) atoms. The maximum atomic E-state index is 6.16. The van der Waals surface area contributed by atoms with Crippen LogP contribution in [-0.2, 0) is 0 Å². The molecule has 0 amide bonds. The third-order valence-electron chi connectivity index (χ3n) is 3.45. The first-order valence-corrected chi connectivity index (χ1v) is 5.96. The number of hydrogen-bond acceptors (Lipinski definition) is 2. The van der Waals surface area contributed by atoms with Gasteiger partial charge < -0.3 is 10.1 Å². The fraction of sp³-hybridized carbons (Fsp3) is 0.538. The molecule has 1 heterocycles. The van der Waals surface area contributed by atoms with Crippen molar-refractivity contribution in [2.45, 2.75) is 19.8 Å². The van der Waals surface area contributed by atoms with E-state index in [-0.39, 0.29) is 5.41 Å². The van der Waals surface area contributed by atoms with Crippen LogP contribution in [0.1, 0.15) is 25.3 Å². The van der Waals surface area contributed by atoms with Gasteiger partial charge in [-0.25, -0.2) is 0 Å². The smallest absolute Gasteiger partial charge is 0.137 e. The summed E-state index contributed by atoms with van der Waals surface area (Å²) in [6.07, 6.45) is 0. The number of nitrogens with one attached hydrogen (secondary N) is 1. The normalized spacial score (nSPS) is 23.4. The Bertz CT molecular complexity index is 390. The lowest BCUT2D eigenvalue weighted by atomic mass is 9.78. The van der Waals surface area contributed by atoms with Crippen molar-refractivity contribution in [2.24, 2.45) is 5.41 Å². The lowest BCUT2D eigenvalue weighted by molar-refractivity contribution is 0.362. The van der Waals surface area contributed by atoms with Gasteiger partial charge >= 0.3 is 0 Å². The summed E-state index contributed by atoms with van der Waals surface area (Å²) in [7, 11) is 1.64. The van der Waals surface area contributed by atoms with Gasteiger partial charge in [0, 0.05) is 19.0 Å². The molecule has 1 unspecified atom stereocenters. The topological polar surface area (TPSA) is 21.3 Å². The number of benzene rings is 1. The van der Waals surface area contributed by atoms with Crippen LogP contribution in [0, 0.1) is 5.41 Å². The Balaban J connectivity index is 2.31. The highest BCUT2D eigenvalue weighted by Crippen LogP contribution is 2.40. The van der Waals surface area contributed by atoms with Crippen LogP contribution in [0.5, 0.6) is 5.75 Å². The molecule has 0 saturated carbocycles. The van der Waals surface area contributed by atoms with Gasteiger partial charge in [0.2, 0.25) is 0 Å². The van der Waals surface area contributed by atoms with E-state index in [1.54, 1.807) is 7.11 Å². The van der Waals surface area contributed by atoms with Crippen molar-refractivity contribution < 1.29 is 4.74 Å². The maximum absolute atomic E-state index is 6.16. The zero-order valence-corrected chi connectivity index (χ0v) is 10.8. The van der Waals surface area contributed by atoms with Gasteiger partial charge in [0.15, 0.2) is 0 Å². The van der Waals surface area contributed by atoms with Crippen LogP contribution in [0.4, 0.5) is 0 Å². The summed E-state index contributed by atoms with van der Waals surface area (Å²) in [5.41, 5.74) is 1.58. The highest BCUT2D eigenvalue weighted by molar-refractivity contribution is 6.32. The summed E-state index contributed by atoms with van der Waals surface area (Å²) >= 11 is 6.16. The predicted octanol–water partition coefficient (Wildman–Crippen LogP) is 3.06. The Hall–Kier alpha value is -0.730. The van der Waals surface area contributed by atoms with Gasteiger partial charge in [0.25, 0.3) is 0 Å². The summed E-state index contributed by atoms with van der Waals surface area (Å²) in [5.74, 6) is 1.27. The van der Waals surface area contributed by atoms with Crippen molar-refractivity contribution in [3.63, 3.8) is 0 Å². The second kappa shape index (κ2) is 4.27. The van der Waals surface area contributed by atoms with Crippen LogP contribution in [-0.4, -0.2) is 20.2 Å². The summed E-state index contributed by atoms with van der Waals surface area (Å²) < 4.78 is 5.17. The first-order chi connectivity index (χ1) is 7.54.